The zero-order chi connectivity index (χ0) is 11.8. The third kappa shape index (κ3) is 1.75. The van der Waals surface area contributed by atoms with Crippen molar-refractivity contribution in [1.82, 2.24) is 10.3 Å². The van der Waals surface area contributed by atoms with E-state index < -0.39 is 0 Å². The Kier molecular flexibility index (Phi) is 2.45. The Morgan fingerprint density at radius 2 is 2.41 bits per heavy atom. The average Bonchev–Trinajstić information content (AvgIpc) is 2.32. The van der Waals surface area contributed by atoms with Crippen molar-refractivity contribution < 1.29 is 0 Å². The summed E-state index contributed by atoms with van der Waals surface area (Å²) in [7, 11) is 0. The second-order valence-electron chi connectivity index (χ2n) is 4.89. The molecule has 1 aliphatic heterocycles. The highest BCUT2D eigenvalue weighted by Gasteiger charge is 2.31. The monoisotopic (exact) mass is 225 g/mol. The Morgan fingerprint density at radius 1 is 1.53 bits per heavy atom. The van der Waals surface area contributed by atoms with Gasteiger partial charge in [-0.2, -0.15) is 5.26 Å². The number of rotatable bonds is 1. The lowest BCUT2D eigenvalue weighted by Crippen LogP contribution is -2.52. The van der Waals surface area contributed by atoms with Gasteiger partial charge in [0.2, 0.25) is 0 Å². The van der Waals surface area contributed by atoms with E-state index >= 15 is 0 Å². The van der Waals surface area contributed by atoms with E-state index in [9.17, 15) is 0 Å². The number of allylic oxidation sites excluding steroid dienone is 1. The van der Waals surface area contributed by atoms with Gasteiger partial charge < -0.3 is 5.32 Å². The quantitative estimate of drug-likeness (QED) is 0.795. The summed E-state index contributed by atoms with van der Waals surface area (Å²) in [5.74, 6) is 0.826. The van der Waals surface area contributed by atoms with E-state index in [4.69, 9.17) is 5.26 Å². The summed E-state index contributed by atoms with van der Waals surface area (Å²) in [6.07, 6.45) is 6.56. The summed E-state index contributed by atoms with van der Waals surface area (Å²) in [6.45, 7) is 3.03. The summed E-state index contributed by atoms with van der Waals surface area (Å²) in [4.78, 5) is 4.30. The first-order valence-electron chi connectivity index (χ1n) is 6.09. The summed E-state index contributed by atoms with van der Waals surface area (Å²) >= 11 is 0. The molecule has 3 nitrogen and oxygen atoms in total. The molecular weight excluding hydrogens is 210 g/mol. The molecule has 1 fully saturated rings. The lowest BCUT2D eigenvalue weighted by atomic mass is 9.78. The molecule has 2 atom stereocenters. The maximum atomic E-state index is 9.02. The van der Waals surface area contributed by atoms with Gasteiger partial charge in [0.25, 0.3) is 0 Å². The van der Waals surface area contributed by atoms with Gasteiger partial charge in [-0.1, -0.05) is 6.08 Å². The smallest absolute Gasteiger partial charge is 0.101 e. The van der Waals surface area contributed by atoms with Crippen molar-refractivity contribution in [1.29, 1.82) is 5.26 Å². The standard InChI is InChI=1S/C14H15N3/c1-9-12(6-15)4-13(8-16-9)10-2-3-11-7-17-14(11)5-10/h4-5,8,11,14,17H,2-3,7H2,1H3/t11-,14-/m1/s1. The van der Waals surface area contributed by atoms with Crippen molar-refractivity contribution in [2.45, 2.75) is 25.8 Å². The van der Waals surface area contributed by atoms with Crippen molar-refractivity contribution >= 4 is 5.57 Å². The zero-order valence-corrected chi connectivity index (χ0v) is 9.90. The first kappa shape index (κ1) is 10.5. The van der Waals surface area contributed by atoms with Gasteiger partial charge in [0.05, 0.1) is 11.3 Å². The molecule has 2 aliphatic rings. The Bertz CT molecular complexity index is 525. The van der Waals surface area contributed by atoms with Crippen molar-refractivity contribution in [2.75, 3.05) is 6.54 Å². The fraction of sp³-hybridized carbons (Fsp3) is 0.429. The van der Waals surface area contributed by atoms with Crippen LogP contribution in [0.4, 0.5) is 0 Å². The molecule has 86 valence electrons. The Morgan fingerprint density at radius 3 is 3.06 bits per heavy atom. The van der Waals surface area contributed by atoms with Crippen LogP contribution in [0.1, 0.15) is 29.7 Å². The number of nitriles is 1. The summed E-state index contributed by atoms with van der Waals surface area (Å²) in [5.41, 5.74) is 3.95. The highest BCUT2D eigenvalue weighted by molar-refractivity contribution is 5.68. The molecule has 3 heteroatoms. The van der Waals surface area contributed by atoms with E-state index in [1.165, 1.54) is 12.0 Å². The van der Waals surface area contributed by atoms with Crippen LogP contribution in [0.3, 0.4) is 0 Å². The lowest BCUT2D eigenvalue weighted by molar-refractivity contribution is 0.256. The van der Waals surface area contributed by atoms with Crippen molar-refractivity contribution in [3.05, 3.63) is 35.2 Å². The molecule has 1 aliphatic carbocycles. The van der Waals surface area contributed by atoms with Gasteiger partial charge in [-0.15, -0.1) is 0 Å². The maximum Gasteiger partial charge on any atom is 0.101 e. The van der Waals surface area contributed by atoms with E-state index in [2.05, 4.69) is 22.4 Å². The fourth-order valence-electron chi connectivity index (χ4n) is 2.60. The molecule has 1 N–H and O–H groups in total. The molecule has 0 aromatic carbocycles. The highest BCUT2D eigenvalue weighted by atomic mass is 15.0. The number of hydrogen-bond acceptors (Lipinski definition) is 3. The molecule has 0 amide bonds. The van der Waals surface area contributed by atoms with Gasteiger partial charge in [-0.3, -0.25) is 4.98 Å². The second-order valence-corrected chi connectivity index (χ2v) is 4.89. The molecule has 1 aromatic heterocycles. The minimum Gasteiger partial charge on any atom is -0.310 e. The molecule has 2 heterocycles. The van der Waals surface area contributed by atoms with E-state index in [0.717, 1.165) is 30.1 Å². The van der Waals surface area contributed by atoms with E-state index in [0.29, 0.717) is 11.6 Å². The molecule has 3 rings (SSSR count). The first-order chi connectivity index (χ1) is 8.28. The Labute approximate surface area is 101 Å². The van der Waals surface area contributed by atoms with E-state index in [-0.39, 0.29) is 0 Å². The zero-order valence-electron chi connectivity index (χ0n) is 9.90. The number of hydrogen-bond donors (Lipinski definition) is 1. The summed E-state index contributed by atoms with van der Waals surface area (Å²) in [6, 6.07) is 4.72. The van der Waals surface area contributed by atoms with Gasteiger partial charge in [-0.05, 0) is 42.9 Å². The number of nitrogens with zero attached hydrogens (tertiary/aromatic N) is 2. The van der Waals surface area contributed by atoms with Crippen LogP contribution in [0.15, 0.2) is 18.3 Å². The molecule has 0 unspecified atom stereocenters. The predicted molar refractivity (Wildman–Crippen MR) is 66.2 cm³/mol. The van der Waals surface area contributed by atoms with Crippen LogP contribution in [0, 0.1) is 24.2 Å². The Balaban J connectivity index is 1.94. The largest absolute Gasteiger partial charge is 0.310 e. The summed E-state index contributed by atoms with van der Waals surface area (Å²) in [5, 5.41) is 12.4. The van der Waals surface area contributed by atoms with Gasteiger partial charge >= 0.3 is 0 Å². The number of aromatic nitrogens is 1. The molecule has 1 saturated heterocycles. The average molecular weight is 225 g/mol. The highest BCUT2D eigenvalue weighted by Crippen LogP contribution is 2.33. The van der Waals surface area contributed by atoms with Crippen LogP contribution >= 0.6 is 0 Å². The van der Waals surface area contributed by atoms with Crippen molar-refractivity contribution in [3.8, 4) is 6.07 Å². The summed E-state index contributed by atoms with van der Waals surface area (Å²) < 4.78 is 0. The molecule has 0 bridgehead atoms. The molecule has 0 spiro atoms. The number of fused-ring (bicyclic) bond motifs is 1. The first-order valence-corrected chi connectivity index (χ1v) is 6.09. The lowest BCUT2D eigenvalue weighted by Gasteiger charge is -2.40. The number of aryl methyl sites for hydroxylation is 1. The Hall–Kier alpha value is -1.66. The van der Waals surface area contributed by atoms with Gasteiger partial charge in [0.15, 0.2) is 0 Å². The third-order valence-electron chi connectivity index (χ3n) is 3.87. The van der Waals surface area contributed by atoms with Gasteiger partial charge in [0, 0.05) is 18.8 Å². The van der Waals surface area contributed by atoms with Crippen molar-refractivity contribution in [2.24, 2.45) is 5.92 Å². The third-order valence-corrected chi connectivity index (χ3v) is 3.87. The molecule has 1 aromatic rings. The van der Waals surface area contributed by atoms with Crippen LogP contribution in [-0.4, -0.2) is 17.6 Å². The number of nitrogens with one attached hydrogen (secondary N) is 1. The molecule has 0 saturated carbocycles. The molecule has 17 heavy (non-hydrogen) atoms. The van der Waals surface area contributed by atoms with Crippen LogP contribution in [-0.2, 0) is 0 Å². The normalized spacial score (nSPS) is 26.5. The van der Waals surface area contributed by atoms with Crippen LogP contribution in [0.5, 0.6) is 0 Å². The second kappa shape index (κ2) is 3.97. The van der Waals surface area contributed by atoms with Crippen LogP contribution in [0.2, 0.25) is 0 Å². The predicted octanol–water partition coefficient (Wildman–Crippen LogP) is 2.03. The molecular formula is C14H15N3. The van der Waals surface area contributed by atoms with Gasteiger partial charge in [-0.25, -0.2) is 0 Å². The van der Waals surface area contributed by atoms with Crippen LogP contribution < -0.4 is 5.32 Å². The minimum absolute atomic E-state index is 0.547. The SMILES string of the molecule is Cc1ncc(C2=C[C@H]3NC[C@H]3CC2)cc1C#N. The van der Waals surface area contributed by atoms with Gasteiger partial charge in [0.1, 0.15) is 6.07 Å². The fourth-order valence-corrected chi connectivity index (χ4v) is 2.60. The number of pyridine rings is 1. The molecule has 0 radical (unpaired) electrons. The van der Waals surface area contributed by atoms with Crippen LogP contribution in [0.25, 0.3) is 5.57 Å². The van der Waals surface area contributed by atoms with E-state index in [1.807, 2.05) is 19.2 Å². The van der Waals surface area contributed by atoms with Crippen molar-refractivity contribution in [3.63, 3.8) is 0 Å². The maximum absolute atomic E-state index is 9.02. The van der Waals surface area contributed by atoms with E-state index in [1.54, 1.807) is 0 Å². The minimum atomic E-state index is 0.547. The topological polar surface area (TPSA) is 48.7 Å².